The summed E-state index contributed by atoms with van der Waals surface area (Å²) in [5.41, 5.74) is 0.689. The van der Waals surface area contributed by atoms with Crippen molar-refractivity contribution in [2.75, 3.05) is 37.7 Å². The fourth-order valence-electron chi connectivity index (χ4n) is 3.12. The highest BCUT2D eigenvalue weighted by molar-refractivity contribution is 5.70. The minimum Gasteiger partial charge on any atom is -0.487 e. The number of nitrogens with zero attached hydrogens (tertiary/aromatic N) is 5. The molecule has 0 N–H and O–H groups in total. The summed E-state index contributed by atoms with van der Waals surface area (Å²) in [5.74, 6) is 1.36. The normalized spacial score (nSPS) is 15.4. The van der Waals surface area contributed by atoms with Crippen molar-refractivity contribution in [2.24, 2.45) is 7.05 Å². The maximum Gasteiger partial charge on any atom is 0.333 e. The van der Waals surface area contributed by atoms with E-state index in [0.29, 0.717) is 18.0 Å². The van der Waals surface area contributed by atoms with Gasteiger partial charge in [0.1, 0.15) is 11.5 Å². The molecule has 1 fully saturated rings. The van der Waals surface area contributed by atoms with Crippen molar-refractivity contribution in [3.05, 3.63) is 46.5 Å². The fourth-order valence-corrected chi connectivity index (χ4v) is 3.12. The third-order valence-corrected chi connectivity index (χ3v) is 4.46. The molecule has 1 saturated heterocycles. The quantitative estimate of drug-likeness (QED) is 0.589. The number of nitro groups is 1. The van der Waals surface area contributed by atoms with E-state index in [-0.39, 0.29) is 10.6 Å². The van der Waals surface area contributed by atoms with E-state index in [1.807, 2.05) is 30.8 Å². The molecule has 0 aliphatic carbocycles. The lowest BCUT2D eigenvalue weighted by molar-refractivity contribution is -0.385. The number of imidazole rings is 1. The molecule has 0 atom stereocenters. The number of anilines is 1. The van der Waals surface area contributed by atoms with E-state index >= 15 is 0 Å². The van der Waals surface area contributed by atoms with Crippen LogP contribution in [0.5, 0.6) is 5.75 Å². The highest BCUT2D eigenvalue weighted by Crippen LogP contribution is 2.37. The van der Waals surface area contributed by atoms with Crippen molar-refractivity contribution in [1.29, 1.82) is 0 Å². The second-order valence-corrected chi connectivity index (χ2v) is 6.03. The van der Waals surface area contributed by atoms with Gasteiger partial charge in [0.05, 0.1) is 18.1 Å². The zero-order valence-corrected chi connectivity index (χ0v) is 14.6. The minimum atomic E-state index is -0.347. The lowest BCUT2D eigenvalue weighted by atomic mass is 10.2. The molecule has 25 heavy (non-hydrogen) atoms. The van der Waals surface area contributed by atoms with Gasteiger partial charge in [0.2, 0.25) is 0 Å². The van der Waals surface area contributed by atoms with Crippen molar-refractivity contribution in [1.82, 2.24) is 14.5 Å². The summed E-state index contributed by atoms with van der Waals surface area (Å²) in [6, 6.07) is 5.27. The van der Waals surface area contributed by atoms with E-state index in [0.717, 1.165) is 38.5 Å². The number of hydrogen-bond donors (Lipinski definition) is 0. The molecule has 1 aliphatic heterocycles. The topological polar surface area (TPSA) is 76.7 Å². The molecule has 0 unspecified atom stereocenters. The molecule has 0 radical (unpaired) electrons. The third-order valence-electron chi connectivity index (χ3n) is 4.46. The number of aryl methyl sites for hydroxylation is 1. The Labute approximate surface area is 146 Å². The van der Waals surface area contributed by atoms with E-state index in [9.17, 15) is 10.1 Å². The lowest BCUT2D eigenvalue weighted by Crippen LogP contribution is -2.46. The molecule has 2 heterocycles. The van der Waals surface area contributed by atoms with Gasteiger partial charge in [0, 0.05) is 45.6 Å². The Morgan fingerprint density at radius 2 is 2.04 bits per heavy atom. The summed E-state index contributed by atoms with van der Waals surface area (Å²) in [5, 5.41) is 11.6. The summed E-state index contributed by atoms with van der Waals surface area (Å²) in [7, 11) is 1.99. The van der Waals surface area contributed by atoms with Crippen LogP contribution >= 0.6 is 0 Å². The number of aromatic nitrogens is 2. The van der Waals surface area contributed by atoms with Gasteiger partial charge in [-0.25, -0.2) is 4.98 Å². The van der Waals surface area contributed by atoms with Crippen molar-refractivity contribution in [2.45, 2.75) is 13.5 Å². The smallest absolute Gasteiger partial charge is 0.333 e. The van der Waals surface area contributed by atoms with E-state index in [1.54, 1.807) is 18.3 Å². The Morgan fingerprint density at radius 1 is 1.28 bits per heavy atom. The Bertz CT molecular complexity index is 738. The predicted octanol–water partition coefficient (Wildman–Crippen LogP) is 2.05. The van der Waals surface area contributed by atoms with Crippen LogP contribution in [0.1, 0.15) is 12.7 Å². The first kappa shape index (κ1) is 17.2. The van der Waals surface area contributed by atoms with E-state index < -0.39 is 0 Å². The number of hydrogen-bond acceptors (Lipinski definition) is 6. The second-order valence-electron chi connectivity index (χ2n) is 6.03. The number of benzene rings is 1. The van der Waals surface area contributed by atoms with E-state index in [1.165, 1.54) is 0 Å². The molecule has 3 rings (SSSR count). The van der Waals surface area contributed by atoms with Crippen LogP contribution in [0.2, 0.25) is 0 Å². The third kappa shape index (κ3) is 3.74. The molecule has 8 heteroatoms. The number of para-hydroxylation sites is 1. The molecule has 134 valence electrons. The first-order valence-electron chi connectivity index (χ1n) is 8.44. The maximum atomic E-state index is 11.6. The van der Waals surface area contributed by atoms with Crippen molar-refractivity contribution >= 4 is 11.4 Å². The molecule has 0 bridgehead atoms. The van der Waals surface area contributed by atoms with Crippen molar-refractivity contribution < 1.29 is 9.66 Å². The van der Waals surface area contributed by atoms with Gasteiger partial charge < -0.3 is 14.2 Å². The van der Waals surface area contributed by atoms with Gasteiger partial charge in [-0.2, -0.15) is 0 Å². The average Bonchev–Trinajstić information content (AvgIpc) is 3.00. The number of nitro benzene ring substituents is 1. The van der Waals surface area contributed by atoms with E-state index in [2.05, 4.69) is 14.8 Å². The predicted molar refractivity (Wildman–Crippen MR) is 95.0 cm³/mol. The SMILES string of the molecule is CCOc1cccc(N2CCN(Cc3nccn3C)CC2)c1[N+](=O)[O-]. The van der Waals surface area contributed by atoms with Crippen LogP contribution in [0, 0.1) is 10.1 Å². The van der Waals surface area contributed by atoms with Crippen LogP contribution in [-0.2, 0) is 13.6 Å². The highest BCUT2D eigenvalue weighted by Gasteiger charge is 2.27. The molecule has 0 amide bonds. The summed E-state index contributed by atoms with van der Waals surface area (Å²) in [4.78, 5) is 19.9. The first-order chi connectivity index (χ1) is 12.1. The lowest BCUT2D eigenvalue weighted by Gasteiger charge is -2.35. The zero-order chi connectivity index (χ0) is 17.8. The molecule has 0 spiro atoms. The highest BCUT2D eigenvalue weighted by atomic mass is 16.6. The molecule has 8 nitrogen and oxygen atoms in total. The number of rotatable bonds is 6. The van der Waals surface area contributed by atoms with Gasteiger partial charge >= 0.3 is 5.69 Å². The van der Waals surface area contributed by atoms with Gasteiger partial charge in [0.15, 0.2) is 5.75 Å². The van der Waals surface area contributed by atoms with Crippen molar-refractivity contribution in [3.63, 3.8) is 0 Å². The zero-order valence-electron chi connectivity index (χ0n) is 14.6. The Hall–Kier alpha value is -2.61. The summed E-state index contributed by atoms with van der Waals surface area (Å²) < 4.78 is 7.46. The van der Waals surface area contributed by atoms with Gasteiger partial charge in [-0.3, -0.25) is 15.0 Å². The molecular formula is C17H23N5O3. The van der Waals surface area contributed by atoms with Crippen LogP contribution in [-0.4, -0.2) is 52.2 Å². The van der Waals surface area contributed by atoms with Crippen molar-refractivity contribution in [3.8, 4) is 5.75 Å². The summed E-state index contributed by atoms with van der Waals surface area (Å²) in [6.45, 7) is 6.17. The number of ether oxygens (including phenoxy) is 1. The molecule has 2 aromatic rings. The van der Waals surface area contributed by atoms with Crippen LogP contribution < -0.4 is 9.64 Å². The largest absolute Gasteiger partial charge is 0.487 e. The first-order valence-corrected chi connectivity index (χ1v) is 8.44. The molecule has 1 aromatic heterocycles. The molecule has 0 saturated carbocycles. The minimum absolute atomic E-state index is 0.0573. The van der Waals surface area contributed by atoms with Crippen LogP contribution in [0.3, 0.4) is 0 Å². The summed E-state index contributed by atoms with van der Waals surface area (Å²) >= 11 is 0. The van der Waals surface area contributed by atoms with Crippen LogP contribution in [0.25, 0.3) is 0 Å². The van der Waals surface area contributed by atoms with E-state index in [4.69, 9.17) is 4.74 Å². The molecular weight excluding hydrogens is 322 g/mol. The standard InChI is InChI=1S/C17H23N5O3/c1-3-25-15-6-4-5-14(17(15)22(23)24)21-11-9-20(10-12-21)13-16-18-7-8-19(16)2/h4-8H,3,9-13H2,1-2H3. The van der Waals surface area contributed by atoms with Crippen LogP contribution in [0.4, 0.5) is 11.4 Å². The van der Waals surface area contributed by atoms with Gasteiger partial charge in [0.25, 0.3) is 0 Å². The fraction of sp³-hybridized carbons (Fsp3) is 0.471. The Balaban J connectivity index is 1.71. The number of piperazine rings is 1. The average molecular weight is 345 g/mol. The molecule has 1 aliphatic rings. The van der Waals surface area contributed by atoms with Gasteiger partial charge in [-0.05, 0) is 19.1 Å². The summed E-state index contributed by atoms with van der Waals surface area (Å²) in [6.07, 6.45) is 3.74. The Morgan fingerprint density at radius 3 is 2.64 bits per heavy atom. The maximum absolute atomic E-state index is 11.6. The van der Waals surface area contributed by atoms with Gasteiger partial charge in [-0.15, -0.1) is 0 Å². The Kier molecular flexibility index (Phi) is 5.18. The monoisotopic (exact) mass is 345 g/mol. The molecule has 1 aromatic carbocycles. The van der Waals surface area contributed by atoms with Crippen LogP contribution in [0.15, 0.2) is 30.6 Å². The second kappa shape index (κ2) is 7.52. The van der Waals surface area contributed by atoms with Gasteiger partial charge in [-0.1, -0.05) is 6.07 Å².